The van der Waals surface area contributed by atoms with Gasteiger partial charge in [-0.15, -0.1) is 0 Å². The molecule has 0 fully saturated rings. The number of benzene rings is 1. The highest BCUT2D eigenvalue weighted by Gasteiger charge is 2.12. The fourth-order valence-electron chi connectivity index (χ4n) is 2.26. The van der Waals surface area contributed by atoms with Crippen LogP contribution in [0.3, 0.4) is 0 Å². The first-order chi connectivity index (χ1) is 9.78. The molecule has 4 nitrogen and oxygen atoms in total. The van der Waals surface area contributed by atoms with Crippen LogP contribution in [0.1, 0.15) is 32.9 Å². The maximum absolute atomic E-state index is 11.0. The molecule has 0 aliphatic carbocycles. The molecule has 0 bridgehead atoms. The summed E-state index contributed by atoms with van der Waals surface area (Å²) in [5, 5.41) is 0. The van der Waals surface area contributed by atoms with E-state index in [1.54, 1.807) is 6.07 Å². The van der Waals surface area contributed by atoms with Gasteiger partial charge in [-0.25, -0.2) is 4.98 Å². The van der Waals surface area contributed by atoms with Crippen LogP contribution in [0.5, 0.6) is 5.75 Å². The van der Waals surface area contributed by atoms with Crippen LogP contribution in [0.4, 0.5) is 0 Å². The number of nitrogens with zero attached hydrogens (tertiary/aromatic N) is 2. The van der Waals surface area contributed by atoms with Crippen LogP contribution in [-0.2, 0) is 13.2 Å². The molecule has 0 atom stereocenters. The van der Waals surface area contributed by atoms with Crippen LogP contribution in [0.15, 0.2) is 35.3 Å². The van der Waals surface area contributed by atoms with E-state index >= 15 is 0 Å². The topological polar surface area (TPSA) is 51.5 Å². The molecule has 4 heteroatoms. The third-order valence-electron chi connectivity index (χ3n) is 3.29. The lowest BCUT2D eigenvalue weighted by atomic mass is 10.0. The number of carbonyl (C=O) groups excluding carboxylic acids is 1. The molecule has 2 heterocycles. The van der Waals surface area contributed by atoms with Crippen molar-refractivity contribution in [3.63, 3.8) is 0 Å². The van der Waals surface area contributed by atoms with E-state index in [9.17, 15) is 4.79 Å². The van der Waals surface area contributed by atoms with Crippen molar-refractivity contribution < 1.29 is 9.53 Å². The summed E-state index contributed by atoms with van der Waals surface area (Å²) in [5.41, 5.74) is 4.54. The Morgan fingerprint density at radius 1 is 1.30 bits per heavy atom. The molecule has 1 aliphatic rings. The number of hydrogen-bond donors (Lipinski definition) is 0. The molecule has 1 aromatic heterocycles. The summed E-state index contributed by atoms with van der Waals surface area (Å²) >= 11 is 0. The fraction of sp³-hybridized carbons (Fsp3) is 0.188. The zero-order valence-electron chi connectivity index (χ0n) is 11.2. The molecule has 0 spiro atoms. The molecule has 0 saturated heterocycles. The zero-order valence-corrected chi connectivity index (χ0v) is 11.2. The van der Waals surface area contributed by atoms with Crippen LogP contribution in [0.25, 0.3) is 0 Å². The highest BCUT2D eigenvalue weighted by molar-refractivity contribution is 5.86. The quantitative estimate of drug-likeness (QED) is 0.799. The van der Waals surface area contributed by atoms with Crippen LogP contribution in [-0.4, -0.2) is 17.5 Å². The lowest BCUT2D eigenvalue weighted by Crippen LogP contribution is -2.03. The summed E-state index contributed by atoms with van der Waals surface area (Å²) in [4.78, 5) is 19.4. The molecule has 0 radical (unpaired) electrons. The number of aldehydes is 1. The Hall–Kier alpha value is -2.49. The van der Waals surface area contributed by atoms with Crippen molar-refractivity contribution in [1.82, 2.24) is 4.98 Å². The van der Waals surface area contributed by atoms with Gasteiger partial charge < -0.3 is 4.74 Å². The molecule has 0 saturated carbocycles. The summed E-state index contributed by atoms with van der Waals surface area (Å²) in [6.45, 7) is 2.98. The summed E-state index contributed by atoms with van der Waals surface area (Å²) in [6.07, 6.45) is 2.60. The second-order valence-corrected chi connectivity index (χ2v) is 4.70. The number of ether oxygens (including phenoxy) is 1. The molecule has 1 aliphatic heterocycles. The molecule has 2 aromatic rings. The number of aliphatic imine (C=N–C) groups is 1. The molecule has 3 rings (SSSR count). The van der Waals surface area contributed by atoms with E-state index in [0.717, 1.165) is 29.7 Å². The van der Waals surface area contributed by atoms with Gasteiger partial charge in [0, 0.05) is 17.5 Å². The van der Waals surface area contributed by atoms with Crippen molar-refractivity contribution in [2.75, 3.05) is 0 Å². The lowest BCUT2D eigenvalue weighted by Gasteiger charge is -2.10. The summed E-state index contributed by atoms with van der Waals surface area (Å²) in [6, 6.07) is 9.69. The Kier molecular flexibility index (Phi) is 3.29. The minimum absolute atomic E-state index is 0.339. The summed E-state index contributed by atoms with van der Waals surface area (Å²) in [5.74, 6) is 0.512. The van der Waals surface area contributed by atoms with Gasteiger partial charge in [0.2, 0.25) is 0 Å². The Balaban J connectivity index is 1.82. The van der Waals surface area contributed by atoms with E-state index in [0.29, 0.717) is 18.1 Å². The molecule has 0 N–H and O–H groups in total. The van der Waals surface area contributed by atoms with Gasteiger partial charge in [0.05, 0.1) is 6.54 Å². The molecular formula is C16H14N2O2. The SMILES string of the molecule is Cc1ccc(OCc2cccc3c2C=NC3)c(C=O)n1. The smallest absolute Gasteiger partial charge is 0.172 e. The predicted octanol–water partition coefficient (Wildman–Crippen LogP) is 2.71. The third-order valence-corrected chi connectivity index (χ3v) is 3.29. The van der Waals surface area contributed by atoms with E-state index in [2.05, 4.69) is 16.0 Å². The van der Waals surface area contributed by atoms with Gasteiger partial charge in [-0.05, 0) is 30.2 Å². The Labute approximate surface area is 117 Å². The minimum atomic E-state index is 0.339. The molecule has 1 aromatic carbocycles. The Morgan fingerprint density at radius 3 is 3.05 bits per heavy atom. The van der Waals surface area contributed by atoms with Crippen LogP contribution < -0.4 is 4.74 Å². The first-order valence-electron chi connectivity index (χ1n) is 6.44. The second-order valence-electron chi connectivity index (χ2n) is 4.70. The molecule has 0 amide bonds. The normalized spacial score (nSPS) is 12.2. The number of hydrogen-bond acceptors (Lipinski definition) is 4. The van der Waals surface area contributed by atoms with Crippen LogP contribution in [0.2, 0.25) is 0 Å². The van der Waals surface area contributed by atoms with Gasteiger partial charge in [0.15, 0.2) is 6.29 Å². The summed E-state index contributed by atoms with van der Waals surface area (Å²) in [7, 11) is 0. The maximum Gasteiger partial charge on any atom is 0.172 e. The van der Waals surface area contributed by atoms with E-state index in [4.69, 9.17) is 4.74 Å². The average molecular weight is 266 g/mol. The van der Waals surface area contributed by atoms with Gasteiger partial charge in [-0.2, -0.15) is 0 Å². The second kappa shape index (κ2) is 5.25. The van der Waals surface area contributed by atoms with Gasteiger partial charge in [-0.3, -0.25) is 9.79 Å². The van der Waals surface area contributed by atoms with Gasteiger partial charge in [-0.1, -0.05) is 18.2 Å². The summed E-state index contributed by atoms with van der Waals surface area (Å²) < 4.78 is 5.74. The fourth-order valence-corrected chi connectivity index (χ4v) is 2.26. The van der Waals surface area contributed by atoms with E-state index in [1.807, 2.05) is 31.3 Å². The van der Waals surface area contributed by atoms with Crippen molar-refractivity contribution >= 4 is 12.5 Å². The van der Waals surface area contributed by atoms with Gasteiger partial charge in [0.1, 0.15) is 18.1 Å². The van der Waals surface area contributed by atoms with E-state index in [1.165, 1.54) is 5.56 Å². The van der Waals surface area contributed by atoms with Crippen molar-refractivity contribution in [1.29, 1.82) is 0 Å². The van der Waals surface area contributed by atoms with Crippen LogP contribution >= 0.6 is 0 Å². The standard InChI is InChI=1S/C16H14N2O2/c1-11-5-6-16(15(9-19)18-11)20-10-13-4-2-3-12-7-17-8-14(12)13/h2-6,8-9H,7,10H2,1H3. The highest BCUT2D eigenvalue weighted by Crippen LogP contribution is 2.22. The van der Waals surface area contributed by atoms with Crippen molar-refractivity contribution in [3.8, 4) is 5.75 Å². The minimum Gasteiger partial charge on any atom is -0.486 e. The van der Waals surface area contributed by atoms with E-state index in [-0.39, 0.29) is 0 Å². The average Bonchev–Trinajstić information content (AvgIpc) is 2.94. The third kappa shape index (κ3) is 2.32. The van der Waals surface area contributed by atoms with Crippen molar-refractivity contribution in [2.45, 2.75) is 20.1 Å². The highest BCUT2D eigenvalue weighted by atomic mass is 16.5. The van der Waals surface area contributed by atoms with Gasteiger partial charge in [0.25, 0.3) is 0 Å². The van der Waals surface area contributed by atoms with Crippen molar-refractivity contribution in [2.24, 2.45) is 4.99 Å². The van der Waals surface area contributed by atoms with Crippen molar-refractivity contribution in [3.05, 3.63) is 58.4 Å². The van der Waals surface area contributed by atoms with Gasteiger partial charge >= 0.3 is 0 Å². The Morgan fingerprint density at radius 2 is 2.20 bits per heavy atom. The first kappa shape index (κ1) is 12.5. The number of fused-ring (bicyclic) bond motifs is 1. The maximum atomic E-state index is 11.0. The largest absolute Gasteiger partial charge is 0.486 e. The predicted molar refractivity (Wildman–Crippen MR) is 76.4 cm³/mol. The number of carbonyl (C=O) groups is 1. The molecule has 20 heavy (non-hydrogen) atoms. The number of aromatic nitrogens is 1. The number of aryl methyl sites for hydroxylation is 1. The molecule has 0 unspecified atom stereocenters. The monoisotopic (exact) mass is 266 g/mol. The zero-order chi connectivity index (χ0) is 13.9. The molecule has 100 valence electrons. The number of rotatable bonds is 4. The number of pyridine rings is 1. The lowest BCUT2D eigenvalue weighted by molar-refractivity contribution is 0.111. The first-order valence-corrected chi connectivity index (χ1v) is 6.44. The Bertz CT molecular complexity index is 693. The van der Waals surface area contributed by atoms with Crippen LogP contribution in [0, 0.1) is 6.92 Å². The molecular weight excluding hydrogens is 252 g/mol. The van der Waals surface area contributed by atoms with E-state index < -0.39 is 0 Å².